The molecule has 0 bridgehead atoms. The largest absolute Gasteiger partial charge is 0.417 e. The van der Waals surface area contributed by atoms with Crippen LogP contribution in [0.3, 0.4) is 0 Å². The smallest absolute Gasteiger partial charge is 0.298 e. The summed E-state index contributed by atoms with van der Waals surface area (Å²) in [4.78, 5) is 14.2. The number of alkyl halides is 3. The second kappa shape index (κ2) is 4.00. The molecule has 1 aromatic heterocycles. The molecule has 4 nitrogen and oxygen atoms in total. The van der Waals surface area contributed by atoms with Crippen LogP contribution in [0.1, 0.15) is 15.9 Å². The molecule has 0 spiro atoms. The Labute approximate surface area is 93.7 Å². The van der Waals surface area contributed by atoms with Crippen LogP contribution >= 0.6 is 0 Å². The lowest BCUT2D eigenvalue weighted by Gasteiger charge is -2.11. The number of hydrogen-bond acceptors (Lipinski definition) is 3. The molecule has 0 fully saturated rings. The van der Waals surface area contributed by atoms with Crippen LogP contribution < -0.4 is 0 Å². The highest BCUT2D eigenvalue weighted by Crippen LogP contribution is 2.32. The lowest BCUT2D eigenvalue weighted by molar-refractivity contribution is -0.137. The molecule has 2 rings (SSSR count). The van der Waals surface area contributed by atoms with Gasteiger partial charge in [-0.25, -0.2) is 9.67 Å². The van der Waals surface area contributed by atoms with Gasteiger partial charge in [0.1, 0.15) is 12.7 Å². The lowest BCUT2D eigenvalue weighted by atomic mass is 10.1. The van der Waals surface area contributed by atoms with Crippen LogP contribution in [0.4, 0.5) is 13.2 Å². The Morgan fingerprint density at radius 2 is 2.06 bits per heavy atom. The number of aromatic nitrogens is 3. The third-order valence-corrected chi connectivity index (χ3v) is 2.15. The van der Waals surface area contributed by atoms with E-state index in [-0.39, 0.29) is 12.0 Å². The van der Waals surface area contributed by atoms with E-state index < -0.39 is 17.3 Å². The van der Waals surface area contributed by atoms with Gasteiger partial charge in [-0.1, -0.05) is 0 Å². The first-order chi connectivity index (χ1) is 8.02. The van der Waals surface area contributed by atoms with E-state index in [1.807, 2.05) is 0 Å². The van der Waals surface area contributed by atoms with Crippen LogP contribution in [0, 0.1) is 0 Å². The van der Waals surface area contributed by atoms with Gasteiger partial charge in [0.2, 0.25) is 0 Å². The summed E-state index contributed by atoms with van der Waals surface area (Å²) in [6, 6.07) is 3.33. The number of hydrogen-bond donors (Lipinski definition) is 0. The van der Waals surface area contributed by atoms with Crippen molar-refractivity contribution in [1.82, 2.24) is 14.8 Å². The average Bonchev–Trinajstić information content (AvgIpc) is 2.80. The normalized spacial score (nSPS) is 11.5. The maximum absolute atomic E-state index is 12.7. The number of rotatable bonds is 2. The van der Waals surface area contributed by atoms with Gasteiger partial charge in [-0.3, -0.25) is 4.79 Å². The predicted molar refractivity (Wildman–Crippen MR) is 51.7 cm³/mol. The van der Waals surface area contributed by atoms with Gasteiger partial charge >= 0.3 is 6.18 Å². The van der Waals surface area contributed by atoms with Gasteiger partial charge in [0, 0.05) is 5.56 Å². The third-order valence-electron chi connectivity index (χ3n) is 2.15. The zero-order valence-corrected chi connectivity index (χ0v) is 8.35. The molecule has 0 unspecified atom stereocenters. The zero-order chi connectivity index (χ0) is 12.5. The van der Waals surface area contributed by atoms with Gasteiger partial charge in [-0.05, 0) is 18.2 Å². The summed E-state index contributed by atoms with van der Waals surface area (Å²) in [7, 11) is 0. The number of carbonyl (C=O) groups excluding carboxylic acids is 1. The summed E-state index contributed by atoms with van der Waals surface area (Å²) in [5.41, 5.74) is -1.19. The van der Waals surface area contributed by atoms with Gasteiger partial charge in [0.15, 0.2) is 6.29 Å². The molecule has 88 valence electrons. The highest BCUT2D eigenvalue weighted by molar-refractivity contribution is 5.78. The Hall–Kier alpha value is -2.18. The summed E-state index contributed by atoms with van der Waals surface area (Å²) in [6.07, 6.45) is -1.92. The van der Waals surface area contributed by atoms with Crippen molar-refractivity contribution in [3.8, 4) is 5.69 Å². The average molecular weight is 241 g/mol. The summed E-state index contributed by atoms with van der Waals surface area (Å²) in [5, 5.41) is 3.72. The summed E-state index contributed by atoms with van der Waals surface area (Å²) in [6.45, 7) is 0. The second-order valence-corrected chi connectivity index (χ2v) is 3.23. The minimum atomic E-state index is -4.58. The molecule has 0 N–H and O–H groups in total. The molecule has 0 saturated heterocycles. The Bertz CT molecular complexity index is 534. The van der Waals surface area contributed by atoms with Crippen molar-refractivity contribution in [1.29, 1.82) is 0 Å². The van der Waals surface area contributed by atoms with E-state index in [2.05, 4.69) is 10.1 Å². The van der Waals surface area contributed by atoms with Gasteiger partial charge in [0.05, 0.1) is 11.3 Å². The number of benzene rings is 1. The van der Waals surface area contributed by atoms with Crippen LogP contribution in [0.5, 0.6) is 0 Å². The van der Waals surface area contributed by atoms with Crippen molar-refractivity contribution in [2.75, 3.05) is 0 Å². The quantitative estimate of drug-likeness (QED) is 0.756. The minimum Gasteiger partial charge on any atom is -0.298 e. The van der Waals surface area contributed by atoms with Crippen molar-refractivity contribution in [3.05, 3.63) is 42.0 Å². The fourth-order valence-electron chi connectivity index (χ4n) is 1.38. The molecule has 1 heterocycles. The highest BCUT2D eigenvalue weighted by Gasteiger charge is 2.33. The Balaban J connectivity index is 2.57. The lowest BCUT2D eigenvalue weighted by Crippen LogP contribution is -2.10. The monoisotopic (exact) mass is 241 g/mol. The van der Waals surface area contributed by atoms with Crippen molar-refractivity contribution in [2.45, 2.75) is 6.18 Å². The SMILES string of the molecule is O=Cc1ccc(-n2cncn2)cc1C(F)(F)F. The van der Waals surface area contributed by atoms with Gasteiger partial charge < -0.3 is 0 Å². The van der Waals surface area contributed by atoms with E-state index in [1.165, 1.54) is 23.4 Å². The molecule has 0 saturated carbocycles. The first-order valence-electron chi connectivity index (χ1n) is 4.54. The van der Waals surface area contributed by atoms with E-state index in [0.29, 0.717) is 0 Å². The van der Waals surface area contributed by atoms with E-state index in [4.69, 9.17) is 0 Å². The molecular weight excluding hydrogens is 235 g/mol. The van der Waals surface area contributed by atoms with Gasteiger partial charge in [-0.15, -0.1) is 0 Å². The standard InChI is InChI=1S/C10H6F3N3O/c11-10(12,13)9-3-8(2-1-7(9)4-17)16-6-14-5-15-16/h1-6H. The summed E-state index contributed by atoms with van der Waals surface area (Å²) < 4.78 is 39.1. The molecule has 7 heteroatoms. The van der Waals surface area contributed by atoms with Crippen molar-refractivity contribution < 1.29 is 18.0 Å². The van der Waals surface area contributed by atoms with Crippen LogP contribution in [-0.4, -0.2) is 21.1 Å². The molecule has 17 heavy (non-hydrogen) atoms. The second-order valence-electron chi connectivity index (χ2n) is 3.23. The van der Waals surface area contributed by atoms with Crippen LogP contribution in [0.2, 0.25) is 0 Å². The number of halogens is 3. The predicted octanol–water partition coefficient (Wildman–Crippen LogP) is 2.10. The molecule has 0 aliphatic heterocycles. The van der Waals surface area contributed by atoms with Crippen molar-refractivity contribution in [3.63, 3.8) is 0 Å². The molecular formula is C10H6F3N3O. The number of carbonyl (C=O) groups is 1. The van der Waals surface area contributed by atoms with E-state index in [0.717, 1.165) is 12.1 Å². The van der Waals surface area contributed by atoms with Crippen LogP contribution in [0.25, 0.3) is 5.69 Å². The molecule has 0 aliphatic carbocycles. The topological polar surface area (TPSA) is 47.8 Å². The fraction of sp³-hybridized carbons (Fsp3) is 0.100. The maximum atomic E-state index is 12.7. The van der Waals surface area contributed by atoms with Gasteiger partial charge in [0.25, 0.3) is 0 Å². The van der Waals surface area contributed by atoms with E-state index in [1.54, 1.807) is 0 Å². The molecule has 0 radical (unpaired) electrons. The molecule has 1 aromatic carbocycles. The van der Waals surface area contributed by atoms with Crippen LogP contribution in [-0.2, 0) is 6.18 Å². The van der Waals surface area contributed by atoms with E-state index >= 15 is 0 Å². The number of nitrogens with zero attached hydrogens (tertiary/aromatic N) is 3. The maximum Gasteiger partial charge on any atom is 0.417 e. The Morgan fingerprint density at radius 1 is 1.29 bits per heavy atom. The van der Waals surface area contributed by atoms with Crippen molar-refractivity contribution >= 4 is 6.29 Å². The third kappa shape index (κ3) is 2.17. The summed E-state index contributed by atoms with van der Waals surface area (Å²) >= 11 is 0. The number of aldehydes is 1. The molecule has 0 amide bonds. The Kier molecular flexibility index (Phi) is 2.66. The molecule has 0 aliphatic rings. The molecule has 0 atom stereocenters. The first kappa shape index (κ1) is 11.3. The molecule has 2 aromatic rings. The first-order valence-corrected chi connectivity index (χ1v) is 4.54. The highest BCUT2D eigenvalue weighted by atomic mass is 19.4. The zero-order valence-electron chi connectivity index (χ0n) is 8.35. The summed E-state index contributed by atoms with van der Waals surface area (Å²) in [5.74, 6) is 0. The Morgan fingerprint density at radius 3 is 2.59 bits per heavy atom. The van der Waals surface area contributed by atoms with Gasteiger partial charge in [-0.2, -0.15) is 18.3 Å². The van der Waals surface area contributed by atoms with Crippen molar-refractivity contribution in [2.24, 2.45) is 0 Å². The van der Waals surface area contributed by atoms with E-state index in [9.17, 15) is 18.0 Å². The van der Waals surface area contributed by atoms with Crippen LogP contribution in [0.15, 0.2) is 30.9 Å². The minimum absolute atomic E-state index is 0.175. The fourth-order valence-corrected chi connectivity index (χ4v) is 1.38.